The number of nitrogens with zero attached hydrogens (tertiary/aromatic N) is 1. The Hall–Kier alpha value is -0.700. The van der Waals surface area contributed by atoms with Crippen molar-refractivity contribution in [2.75, 3.05) is 19.3 Å². The van der Waals surface area contributed by atoms with Crippen LogP contribution >= 0.6 is 0 Å². The van der Waals surface area contributed by atoms with E-state index in [4.69, 9.17) is 5.73 Å². The summed E-state index contributed by atoms with van der Waals surface area (Å²) in [6.07, 6.45) is 4.56. The van der Waals surface area contributed by atoms with Crippen molar-refractivity contribution in [3.05, 3.63) is 0 Å². The number of hydrogen-bond acceptors (Lipinski definition) is 5. The number of hydrogen-bond donors (Lipinski definition) is 3. The van der Waals surface area contributed by atoms with E-state index in [9.17, 15) is 18.3 Å². The van der Waals surface area contributed by atoms with Crippen LogP contribution in [0, 0.1) is 0 Å². The van der Waals surface area contributed by atoms with E-state index in [0.717, 1.165) is 38.4 Å². The van der Waals surface area contributed by atoms with Gasteiger partial charge in [0.2, 0.25) is 15.9 Å². The van der Waals surface area contributed by atoms with Gasteiger partial charge in [0.25, 0.3) is 0 Å². The van der Waals surface area contributed by atoms with Gasteiger partial charge in [-0.05, 0) is 32.1 Å². The summed E-state index contributed by atoms with van der Waals surface area (Å²) < 4.78 is 24.3. The first-order valence-electron chi connectivity index (χ1n) is 6.94. The van der Waals surface area contributed by atoms with Crippen molar-refractivity contribution in [3.8, 4) is 0 Å². The van der Waals surface area contributed by atoms with Crippen LogP contribution in [0.4, 0.5) is 0 Å². The molecule has 2 heterocycles. The van der Waals surface area contributed by atoms with Crippen LogP contribution in [0.2, 0.25) is 0 Å². The summed E-state index contributed by atoms with van der Waals surface area (Å²) in [7, 11) is -3.32. The van der Waals surface area contributed by atoms with Gasteiger partial charge in [-0.2, -0.15) is 0 Å². The molecule has 20 heavy (non-hydrogen) atoms. The van der Waals surface area contributed by atoms with Crippen molar-refractivity contribution in [1.29, 1.82) is 0 Å². The highest BCUT2D eigenvalue weighted by atomic mass is 32.2. The lowest BCUT2D eigenvalue weighted by molar-refractivity contribution is -0.132. The fourth-order valence-electron chi connectivity index (χ4n) is 3.50. The number of nitrogens with one attached hydrogen (secondary N) is 1. The number of amides is 1. The zero-order chi connectivity index (χ0) is 15.0. The van der Waals surface area contributed by atoms with E-state index in [1.54, 1.807) is 0 Å². The second kappa shape index (κ2) is 5.59. The normalized spacial score (nSPS) is 32.2. The standard InChI is InChI=1S/C12H23N3O4S/c1-20(18,19)14-7-10(16)8-15-9-3-2-5-12(15,6-4-9)11(13)17/h9-10,14,16H,2-8H2,1H3,(H2,13,17)/t9?,10-,12-/m0/s1. The third-order valence-corrected chi connectivity index (χ3v) is 5.15. The zero-order valence-electron chi connectivity index (χ0n) is 11.7. The number of carbonyl (C=O) groups excluding carboxylic acids is 1. The predicted molar refractivity (Wildman–Crippen MR) is 74.4 cm³/mol. The first-order valence-corrected chi connectivity index (χ1v) is 8.83. The molecule has 1 unspecified atom stereocenters. The number of aliphatic hydroxyl groups excluding tert-OH is 1. The summed E-state index contributed by atoms with van der Waals surface area (Å²) in [6.45, 7) is 0.229. The fraction of sp³-hybridized carbons (Fsp3) is 0.917. The van der Waals surface area contributed by atoms with Crippen LogP contribution in [0.3, 0.4) is 0 Å². The van der Waals surface area contributed by atoms with Crippen molar-refractivity contribution in [3.63, 3.8) is 0 Å². The molecule has 0 aromatic heterocycles. The van der Waals surface area contributed by atoms with Gasteiger partial charge in [0.05, 0.1) is 12.4 Å². The molecule has 7 nitrogen and oxygen atoms in total. The lowest BCUT2D eigenvalue weighted by Crippen LogP contribution is -2.60. The molecule has 2 bridgehead atoms. The summed E-state index contributed by atoms with van der Waals surface area (Å²) in [4.78, 5) is 13.8. The summed E-state index contributed by atoms with van der Waals surface area (Å²) in [5.41, 5.74) is 4.93. The van der Waals surface area contributed by atoms with Gasteiger partial charge >= 0.3 is 0 Å². The van der Waals surface area contributed by atoms with Gasteiger partial charge in [0, 0.05) is 19.1 Å². The quantitative estimate of drug-likeness (QED) is 0.569. The third-order valence-electron chi connectivity index (χ3n) is 4.46. The SMILES string of the molecule is CS(=O)(=O)NC[C@H](O)CN1C2CCC[C@@]1(C(N)=O)CC2. The van der Waals surface area contributed by atoms with E-state index in [0.29, 0.717) is 0 Å². The maximum Gasteiger partial charge on any atom is 0.237 e. The topological polar surface area (TPSA) is 113 Å². The number of piperidine rings is 1. The van der Waals surface area contributed by atoms with Crippen molar-refractivity contribution < 1.29 is 18.3 Å². The number of sulfonamides is 1. The van der Waals surface area contributed by atoms with Crippen LogP contribution in [-0.4, -0.2) is 61.4 Å². The van der Waals surface area contributed by atoms with Crippen molar-refractivity contribution in [2.24, 2.45) is 5.73 Å². The molecular weight excluding hydrogens is 282 g/mol. The van der Waals surface area contributed by atoms with E-state index < -0.39 is 21.7 Å². The van der Waals surface area contributed by atoms with Gasteiger partial charge in [-0.3, -0.25) is 9.69 Å². The molecule has 3 atom stereocenters. The average molecular weight is 305 g/mol. The molecule has 2 fully saturated rings. The monoisotopic (exact) mass is 305 g/mol. The number of β-amino-alcohol motifs (C(OH)–C–C–N with tert-alkyl or cyclic N) is 1. The Morgan fingerprint density at radius 1 is 1.50 bits per heavy atom. The second-order valence-electron chi connectivity index (χ2n) is 5.91. The predicted octanol–water partition coefficient (Wildman–Crippen LogP) is -1.23. The van der Waals surface area contributed by atoms with Gasteiger partial charge < -0.3 is 10.8 Å². The average Bonchev–Trinajstić information content (AvgIpc) is 2.56. The summed E-state index contributed by atoms with van der Waals surface area (Å²) >= 11 is 0. The molecule has 0 radical (unpaired) electrons. The summed E-state index contributed by atoms with van der Waals surface area (Å²) in [6, 6.07) is 0.268. The molecule has 2 rings (SSSR count). The first-order chi connectivity index (χ1) is 9.24. The number of rotatable bonds is 6. The van der Waals surface area contributed by atoms with Crippen molar-refractivity contribution in [2.45, 2.75) is 49.8 Å². The van der Waals surface area contributed by atoms with Crippen LogP contribution in [0.5, 0.6) is 0 Å². The highest BCUT2D eigenvalue weighted by Crippen LogP contribution is 2.43. The minimum atomic E-state index is -3.32. The number of primary amides is 1. The van der Waals surface area contributed by atoms with Crippen LogP contribution in [0.1, 0.15) is 32.1 Å². The Labute approximate surface area is 119 Å². The van der Waals surface area contributed by atoms with Gasteiger partial charge in [-0.25, -0.2) is 13.1 Å². The molecule has 2 saturated heterocycles. The number of nitrogens with two attached hydrogens (primary N) is 1. The summed E-state index contributed by atoms with van der Waals surface area (Å²) in [5, 5.41) is 10.0. The lowest BCUT2D eigenvalue weighted by Gasteiger charge is -2.43. The van der Waals surface area contributed by atoms with Gasteiger partial charge in [0.15, 0.2) is 0 Å². The summed E-state index contributed by atoms with van der Waals surface area (Å²) in [5.74, 6) is -0.331. The Kier molecular flexibility index (Phi) is 4.38. The molecule has 0 aromatic carbocycles. The molecule has 0 spiro atoms. The Morgan fingerprint density at radius 3 is 2.80 bits per heavy atom. The van der Waals surface area contributed by atoms with E-state index >= 15 is 0 Å². The molecule has 4 N–H and O–H groups in total. The molecule has 1 amide bonds. The molecule has 0 aliphatic carbocycles. The smallest absolute Gasteiger partial charge is 0.237 e. The van der Waals surface area contributed by atoms with E-state index in [2.05, 4.69) is 4.72 Å². The van der Waals surface area contributed by atoms with Crippen molar-refractivity contribution in [1.82, 2.24) is 9.62 Å². The van der Waals surface area contributed by atoms with Crippen LogP contribution in [0.25, 0.3) is 0 Å². The molecule has 0 aromatic rings. The third kappa shape index (κ3) is 3.13. The van der Waals surface area contributed by atoms with E-state index in [1.807, 2.05) is 4.90 Å². The lowest BCUT2D eigenvalue weighted by atomic mass is 9.87. The van der Waals surface area contributed by atoms with Gasteiger partial charge in [0.1, 0.15) is 5.54 Å². The number of carbonyl (C=O) groups is 1. The van der Waals surface area contributed by atoms with E-state index in [-0.39, 0.29) is 25.0 Å². The molecule has 116 valence electrons. The zero-order valence-corrected chi connectivity index (χ0v) is 12.5. The Morgan fingerprint density at radius 2 is 2.20 bits per heavy atom. The van der Waals surface area contributed by atoms with Gasteiger partial charge in [-0.15, -0.1) is 0 Å². The minimum absolute atomic E-state index is 0.0447. The van der Waals surface area contributed by atoms with Crippen LogP contribution < -0.4 is 10.5 Å². The highest BCUT2D eigenvalue weighted by molar-refractivity contribution is 7.88. The highest BCUT2D eigenvalue weighted by Gasteiger charge is 2.52. The Bertz CT molecular complexity index is 477. The maximum atomic E-state index is 11.8. The van der Waals surface area contributed by atoms with Crippen molar-refractivity contribution >= 4 is 15.9 Å². The fourth-order valence-corrected chi connectivity index (χ4v) is 4.00. The number of fused-ring (bicyclic) bond motifs is 2. The maximum absolute atomic E-state index is 11.8. The number of aliphatic hydroxyl groups is 1. The molecule has 0 saturated carbocycles. The largest absolute Gasteiger partial charge is 0.390 e. The first kappa shape index (κ1) is 15.7. The molecule has 2 aliphatic heterocycles. The van der Waals surface area contributed by atoms with Crippen LogP contribution in [0.15, 0.2) is 0 Å². The molecule has 8 heteroatoms. The minimum Gasteiger partial charge on any atom is -0.390 e. The van der Waals surface area contributed by atoms with E-state index in [1.165, 1.54) is 0 Å². The van der Waals surface area contributed by atoms with Crippen LogP contribution in [-0.2, 0) is 14.8 Å². The Balaban J connectivity index is 2.02. The van der Waals surface area contributed by atoms with Gasteiger partial charge in [-0.1, -0.05) is 0 Å². The molecule has 2 aliphatic rings. The second-order valence-corrected chi connectivity index (χ2v) is 7.74. The molecular formula is C12H23N3O4S.